The zero-order chi connectivity index (χ0) is 22.0. The van der Waals surface area contributed by atoms with E-state index in [9.17, 15) is 13.2 Å². The van der Waals surface area contributed by atoms with Gasteiger partial charge in [-0.15, -0.1) is 0 Å². The fraction of sp³-hybridized carbons (Fsp3) is 0.217. The summed E-state index contributed by atoms with van der Waals surface area (Å²) in [5.74, 6) is -0.0396. The Kier molecular flexibility index (Phi) is 5.75. The minimum Gasteiger partial charge on any atom is -0.325 e. The van der Waals surface area contributed by atoms with Crippen LogP contribution in [0, 0.1) is 6.92 Å². The third kappa shape index (κ3) is 4.30. The maximum absolute atomic E-state index is 13.2. The number of nitrogens with zero attached hydrogens (tertiary/aromatic N) is 3. The Morgan fingerprint density at radius 1 is 1.06 bits per heavy atom. The van der Waals surface area contributed by atoms with Gasteiger partial charge in [0.05, 0.1) is 13.2 Å². The van der Waals surface area contributed by atoms with E-state index in [0.717, 1.165) is 23.2 Å². The molecule has 8 heteroatoms. The molecule has 4 rings (SSSR count). The third-order valence-corrected chi connectivity index (χ3v) is 7.03. The first-order valence-corrected chi connectivity index (χ1v) is 11.5. The average molecular weight is 437 g/mol. The molecule has 0 saturated carbocycles. The number of rotatable bonds is 5. The molecule has 1 aliphatic rings. The Morgan fingerprint density at radius 2 is 1.77 bits per heavy atom. The summed E-state index contributed by atoms with van der Waals surface area (Å²) in [5.41, 5.74) is 3.70. The van der Waals surface area contributed by atoms with Crippen molar-refractivity contribution >= 4 is 33.1 Å². The molecule has 1 N–H and O–H groups in total. The number of nitrogens with one attached hydrogen (secondary N) is 1. The molecule has 0 radical (unpaired) electrons. The minimum absolute atomic E-state index is 0.00238. The van der Waals surface area contributed by atoms with Gasteiger partial charge in [-0.2, -0.15) is 4.31 Å². The average Bonchev–Trinajstić information content (AvgIpc) is 2.77. The van der Waals surface area contributed by atoms with Gasteiger partial charge in [-0.05, 0) is 55.3 Å². The first-order chi connectivity index (χ1) is 14.9. The lowest BCUT2D eigenvalue weighted by Crippen LogP contribution is -2.47. The largest absolute Gasteiger partial charge is 0.325 e. The van der Waals surface area contributed by atoms with Crippen LogP contribution >= 0.6 is 0 Å². The number of amides is 1. The molecule has 7 nitrogen and oxygen atoms in total. The van der Waals surface area contributed by atoms with E-state index in [1.54, 1.807) is 17.2 Å². The highest BCUT2D eigenvalue weighted by Crippen LogP contribution is 2.36. The van der Waals surface area contributed by atoms with E-state index in [1.165, 1.54) is 10.4 Å². The van der Waals surface area contributed by atoms with Crippen LogP contribution in [0.5, 0.6) is 0 Å². The van der Waals surface area contributed by atoms with Crippen LogP contribution in [0.25, 0.3) is 0 Å². The monoisotopic (exact) mass is 436 g/mol. The molecule has 0 fully saturated rings. The number of sulfonamides is 1. The molecule has 0 aliphatic carbocycles. The minimum atomic E-state index is -3.86. The molecule has 0 saturated heterocycles. The molecule has 0 unspecified atom stereocenters. The van der Waals surface area contributed by atoms with E-state index < -0.39 is 15.9 Å². The van der Waals surface area contributed by atoms with E-state index in [2.05, 4.69) is 17.2 Å². The molecule has 0 bridgehead atoms. The Hall–Kier alpha value is -3.23. The van der Waals surface area contributed by atoms with Crippen molar-refractivity contribution in [3.05, 3.63) is 78.0 Å². The van der Waals surface area contributed by atoms with E-state index in [-0.39, 0.29) is 18.1 Å². The zero-order valence-corrected chi connectivity index (χ0v) is 18.3. The first kappa shape index (κ1) is 21.0. The quantitative estimate of drug-likeness (QED) is 0.660. The molecule has 1 aliphatic heterocycles. The Bertz CT molecular complexity index is 1190. The summed E-state index contributed by atoms with van der Waals surface area (Å²) in [5, 5.41) is 2.79. The molecule has 2 heterocycles. The summed E-state index contributed by atoms with van der Waals surface area (Å²) in [6, 6.07) is 18.4. The van der Waals surface area contributed by atoms with E-state index >= 15 is 0 Å². The molecule has 0 spiro atoms. The number of benzene rings is 2. The normalized spacial score (nSPS) is 15.4. The number of pyridine rings is 1. The number of aromatic nitrogens is 1. The van der Waals surface area contributed by atoms with Gasteiger partial charge in [-0.1, -0.05) is 36.8 Å². The van der Waals surface area contributed by atoms with Gasteiger partial charge in [0.2, 0.25) is 15.9 Å². The maximum atomic E-state index is 13.2. The van der Waals surface area contributed by atoms with Gasteiger partial charge in [0.15, 0.2) is 5.82 Å². The summed E-state index contributed by atoms with van der Waals surface area (Å²) < 4.78 is 27.5. The highest BCUT2D eigenvalue weighted by Gasteiger charge is 2.37. The van der Waals surface area contributed by atoms with Crippen molar-refractivity contribution in [2.45, 2.75) is 25.2 Å². The van der Waals surface area contributed by atoms with Gasteiger partial charge >= 0.3 is 0 Å². The number of fused-ring (bicyclic) bond motifs is 1. The lowest BCUT2D eigenvalue weighted by atomic mass is 10.1. The number of carbonyl (C=O) groups is 1. The van der Waals surface area contributed by atoms with E-state index in [4.69, 9.17) is 0 Å². The predicted octanol–water partition coefficient (Wildman–Crippen LogP) is 3.69. The Balaban J connectivity index is 1.61. The fourth-order valence-corrected chi connectivity index (χ4v) is 4.95. The SMILES string of the molecule is CCc1ccc(NC(=O)CN2CN(c3ccc(C)cc3)c3ncccc3S2(=O)=O)cc1. The molecular formula is C23H24N4O3S. The Labute approximate surface area is 182 Å². The van der Waals surface area contributed by atoms with Crippen molar-refractivity contribution in [3.8, 4) is 0 Å². The van der Waals surface area contributed by atoms with Gasteiger partial charge in [-0.3, -0.25) is 4.79 Å². The first-order valence-electron chi connectivity index (χ1n) is 10.1. The van der Waals surface area contributed by atoms with Crippen LogP contribution in [0.4, 0.5) is 17.2 Å². The van der Waals surface area contributed by atoms with Crippen LogP contribution in [-0.4, -0.2) is 36.8 Å². The second-order valence-corrected chi connectivity index (χ2v) is 9.35. The van der Waals surface area contributed by atoms with Crippen molar-refractivity contribution in [3.63, 3.8) is 0 Å². The van der Waals surface area contributed by atoms with Gasteiger partial charge in [0.1, 0.15) is 4.90 Å². The number of hydrogen-bond acceptors (Lipinski definition) is 5. The molecule has 2 aromatic carbocycles. The van der Waals surface area contributed by atoms with Gasteiger partial charge in [-0.25, -0.2) is 13.4 Å². The summed E-state index contributed by atoms with van der Waals surface area (Å²) >= 11 is 0. The highest BCUT2D eigenvalue weighted by molar-refractivity contribution is 7.89. The smallest absolute Gasteiger partial charge is 0.248 e. The summed E-state index contributed by atoms with van der Waals surface area (Å²) in [7, 11) is -3.86. The van der Waals surface area contributed by atoms with Crippen molar-refractivity contribution in [1.29, 1.82) is 0 Å². The third-order valence-electron chi connectivity index (χ3n) is 5.24. The summed E-state index contributed by atoms with van der Waals surface area (Å²) in [4.78, 5) is 18.9. The highest BCUT2D eigenvalue weighted by atomic mass is 32.2. The lowest BCUT2D eigenvalue weighted by Gasteiger charge is -2.36. The second-order valence-electron chi connectivity index (χ2n) is 7.44. The topological polar surface area (TPSA) is 82.6 Å². The van der Waals surface area contributed by atoms with Crippen LogP contribution < -0.4 is 10.2 Å². The van der Waals surface area contributed by atoms with Gasteiger partial charge in [0, 0.05) is 17.6 Å². The number of hydrogen-bond donors (Lipinski definition) is 1. The van der Waals surface area contributed by atoms with Crippen molar-refractivity contribution in [2.75, 3.05) is 23.4 Å². The summed E-state index contributed by atoms with van der Waals surface area (Å²) in [6.45, 7) is 3.74. The van der Waals surface area contributed by atoms with E-state index in [0.29, 0.717) is 11.5 Å². The Morgan fingerprint density at radius 3 is 2.45 bits per heavy atom. The van der Waals surface area contributed by atoms with Crippen molar-refractivity contribution in [1.82, 2.24) is 9.29 Å². The predicted molar refractivity (Wildman–Crippen MR) is 121 cm³/mol. The van der Waals surface area contributed by atoms with Crippen LogP contribution in [-0.2, 0) is 21.2 Å². The summed E-state index contributed by atoms with van der Waals surface area (Å²) in [6.07, 6.45) is 2.47. The molecule has 0 atom stereocenters. The molecule has 31 heavy (non-hydrogen) atoms. The van der Waals surface area contributed by atoms with Crippen LogP contribution in [0.3, 0.4) is 0 Å². The molecular weight excluding hydrogens is 412 g/mol. The standard InChI is InChI=1S/C23H24N4O3S/c1-3-18-8-10-19(11-9-18)25-22(28)15-26-16-27(20-12-6-17(2)7-13-20)23-21(31(26,29)30)5-4-14-24-23/h4-14H,3,15-16H2,1-2H3,(H,25,28). The number of carbonyl (C=O) groups excluding carboxylic acids is 1. The van der Waals surface area contributed by atoms with Gasteiger partial charge < -0.3 is 10.2 Å². The van der Waals surface area contributed by atoms with Crippen LogP contribution in [0.2, 0.25) is 0 Å². The lowest BCUT2D eigenvalue weighted by molar-refractivity contribution is -0.116. The van der Waals surface area contributed by atoms with Crippen LogP contribution in [0.15, 0.2) is 71.8 Å². The fourth-order valence-electron chi connectivity index (χ4n) is 3.47. The van der Waals surface area contributed by atoms with Crippen molar-refractivity contribution < 1.29 is 13.2 Å². The molecule has 1 amide bonds. The molecule has 1 aromatic heterocycles. The van der Waals surface area contributed by atoms with Crippen molar-refractivity contribution in [2.24, 2.45) is 0 Å². The van der Waals surface area contributed by atoms with Crippen LogP contribution in [0.1, 0.15) is 18.1 Å². The zero-order valence-electron chi connectivity index (χ0n) is 17.4. The molecule has 160 valence electrons. The van der Waals surface area contributed by atoms with E-state index in [1.807, 2.05) is 55.5 Å². The number of aryl methyl sites for hydroxylation is 2. The van der Waals surface area contributed by atoms with Gasteiger partial charge in [0.25, 0.3) is 0 Å². The second kappa shape index (κ2) is 8.49. The maximum Gasteiger partial charge on any atom is 0.248 e. The number of anilines is 3. The molecule has 3 aromatic rings.